The molecule has 0 N–H and O–H groups in total. The van der Waals surface area contributed by atoms with Crippen LogP contribution in [-0.2, 0) is 11.2 Å². The molecular weight excluding hydrogens is 316 g/mol. The van der Waals surface area contributed by atoms with Gasteiger partial charge in [0.1, 0.15) is 12.4 Å². The van der Waals surface area contributed by atoms with E-state index in [-0.39, 0.29) is 18.4 Å². The zero-order valence-corrected chi connectivity index (χ0v) is 13.8. The fourth-order valence-corrected chi connectivity index (χ4v) is 3.06. The fourth-order valence-electron chi connectivity index (χ4n) is 3.06. The molecule has 1 atom stereocenters. The molecule has 0 bridgehead atoms. The quantitative estimate of drug-likeness (QED) is 0.865. The van der Waals surface area contributed by atoms with Gasteiger partial charge in [0, 0.05) is 11.3 Å². The first kappa shape index (κ1) is 16.4. The van der Waals surface area contributed by atoms with Crippen molar-refractivity contribution in [1.29, 1.82) is 0 Å². The minimum atomic E-state index is -2.71. The Hall–Kier alpha value is -2.44. The molecule has 128 valence electrons. The highest BCUT2D eigenvalue weighted by molar-refractivity contribution is 5.97. The van der Waals surface area contributed by atoms with Crippen LogP contribution in [-0.4, -0.2) is 28.3 Å². The number of aromatic nitrogens is 2. The lowest BCUT2D eigenvalue weighted by atomic mass is 10.1. The number of hydrogen-bond donors (Lipinski definition) is 0. The second kappa shape index (κ2) is 6.22. The highest BCUT2D eigenvalue weighted by Gasteiger charge is 2.30. The van der Waals surface area contributed by atoms with Crippen molar-refractivity contribution in [3.05, 3.63) is 41.2 Å². The maximum Gasteiger partial charge on any atom is 0.333 e. The summed E-state index contributed by atoms with van der Waals surface area (Å²) in [6, 6.07) is 7.20. The second-order valence-electron chi connectivity index (χ2n) is 5.94. The van der Waals surface area contributed by atoms with Gasteiger partial charge in [-0.1, -0.05) is 12.1 Å². The van der Waals surface area contributed by atoms with Crippen molar-refractivity contribution < 1.29 is 18.3 Å². The van der Waals surface area contributed by atoms with Crippen LogP contribution in [0, 0.1) is 13.8 Å². The molecule has 3 rings (SSSR count). The molecule has 2 aromatic rings. The molecule has 0 aliphatic carbocycles. The molecule has 0 radical (unpaired) electrons. The Morgan fingerprint density at radius 2 is 2.08 bits per heavy atom. The molecule has 2 heterocycles. The van der Waals surface area contributed by atoms with Gasteiger partial charge in [0.05, 0.1) is 23.8 Å². The first-order valence-corrected chi connectivity index (χ1v) is 7.76. The Balaban J connectivity index is 1.91. The summed E-state index contributed by atoms with van der Waals surface area (Å²) >= 11 is 0. The van der Waals surface area contributed by atoms with E-state index in [0.717, 1.165) is 0 Å². The standard InChI is InChI=1S/C17H19F2N3O2/c1-10-9-24-15-7-5-4-6-14(15)21(10)16(23)8-13-11(2)20-22(12(13)3)17(18)19/h4-7,10,17H,8-9H2,1-3H3. The molecule has 0 saturated carbocycles. The van der Waals surface area contributed by atoms with Crippen molar-refractivity contribution in [3.63, 3.8) is 0 Å². The second-order valence-corrected chi connectivity index (χ2v) is 5.94. The van der Waals surface area contributed by atoms with Crippen LogP contribution < -0.4 is 9.64 Å². The lowest BCUT2D eigenvalue weighted by Gasteiger charge is -2.35. The minimum absolute atomic E-state index is 0.0308. The number of alkyl halides is 2. The number of fused-ring (bicyclic) bond motifs is 1. The van der Waals surface area contributed by atoms with Crippen LogP contribution in [0.2, 0.25) is 0 Å². The summed E-state index contributed by atoms with van der Waals surface area (Å²) in [6.07, 6.45) is 0.0308. The van der Waals surface area contributed by atoms with Gasteiger partial charge < -0.3 is 9.64 Å². The van der Waals surface area contributed by atoms with Crippen molar-refractivity contribution in [2.75, 3.05) is 11.5 Å². The number of anilines is 1. The SMILES string of the molecule is Cc1nn(C(F)F)c(C)c1CC(=O)N1c2ccccc2OCC1C. The summed E-state index contributed by atoms with van der Waals surface area (Å²) < 4.78 is 32.2. The van der Waals surface area contributed by atoms with Crippen molar-refractivity contribution in [3.8, 4) is 5.75 Å². The summed E-state index contributed by atoms with van der Waals surface area (Å²) in [5.74, 6) is 0.499. The lowest BCUT2D eigenvalue weighted by Crippen LogP contribution is -2.45. The summed E-state index contributed by atoms with van der Waals surface area (Å²) in [7, 11) is 0. The van der Waals surface area contributed by atoms with E-state index in [1.54, 1.807) is 18.7 Å². The smallest absolute Gasteiger partial charge is 0.333 e. The van der Waals surface area contributed by atoms with Crippen molar-refractivity contribution in [1.82, 2.24) is 9.78 Å². The van der Waals surface area contributed by atoms with Crippen molar-refractivity contribution in [2.45, 2.75) is 39.8 Å². The van der Waals surface area contributed by atoms with Crippen molar-refractivity contribution in [2.24, 2.45) is 0 Å². The number of halogens is 2. The van der Waals surface area contributed by atoms with Gasteiger partial charge in [-0.25, -0.2) is 4.68 Å². The fraction of sp³-hybridized carbons (Fsp3) is 0.412. The molecule has 0 spiro atoms. The number of para-hydroxylation sites is 2. The van der Waals surface area contributed by atoms with Crippen LogP contribution in [0.5, 0.6) is 5.75 Å². The predicted octanol–water partition coefficient (Wildman–Crippen LogP) is 3.25. The average molecular weight is 335 g/mol. The Morgan fingerprint density at radius 3 is 2.75 bits per heavy atom. The number of amides is 1. The van der Waals surface area contributed by atoms with Gasteiger partial charge in [-0.05, 0) is 32.9 Å². The molecule has 7 heteroatoms. The number of ether oxygens (including phenoxy) is 1. The van der Waals surface area contributed by atoms with Crippen LogP contribution in [0.25, 0.3) is 0 Å². The zero-order valence-electron chi connectivity index (χ0n) is 13.8. The largest absolute Gasteiger partial charge is 0.489 e. The average Bonchev–Trinajstić information content (AvgIpc) is 2.83. The van der Waals surface area contributed by atoms with Gasteiger partial charge >= 0.3 is 6.55 Å². The maximum atomic E-state index is 13.0. The van der Waals surface area contributed by atoms with E-state index in [9.17, 15) is 13.6 Å². The molecule has 0 fully saturated rings. The predicted molar refractivity (Wildman–Crippen MR) is 85.5 cm³/mol. The van der Waals surface area contributed by atoms with Crippen LogP contribution >= 0.6 is 0 Å². The Labute approximate surface area is 138 Å². The number of benzene rings is 1. The van der Waals surface area contributed by atoms with E-state index < -0.39 is 6.55 Å². The molecule has 1 unspecified atom stereocenters. The van der Waals surface area contributed by atoms with E-state index in [1.807, 2.05) is 31.2 Å². The van der Waals surface area contributed by atoms with E-state index in [1.165, 1.54) is 0 Å². The van der Waals surface area contributed by atoms with Crippen LogP contribution in [0.15, 0.2) is 24.3 Å². The van der Waals surface area contributed by atoms with Crippen LogP contribution in [0.3, 0.4) is 0 Å². The molecule has 1 aromatic carbocycles. The number of hydrogen-bond acceptors (Lipinski definition) is 3. The van der Waals surface area contributed by atoms with E-state index in [4.69, 9.17) is 4.74 Å². The van der Waals surface area contributed by atoms with Gasteiger partial charge in [-0.2, -0.15) is 13.9 Å². The molecule has 0 saturated heterocycles. The third-order valence-corrected chi connectivity index (χ3v) is 4.30. The summed E-state index contributed by atoms with van der Waals surface area (Å²) in [5.41, 5.74) is 2.04. The van der Waals surface area contributed by atoms with Gasteiger partial charge in [0.2, 0.25) is 5.91 Å². The molecule has 5 nitrogen and oxygen atoms in total. The highest BCUT2D eigenvalue weighted by atomic mass is 19.3. The molecule has 1 aromatic heterocycles. The summed E-state index contributed by atoms with van der Waals surface area (Å²) in [5, 5.41) is 3.84. The number of carbonyl (C=O) groups is 1. The summed E-state index contributed by atoms with van der Waals surface area (Å²) in [4.78, 5) is 14.5. The highest BCUT2D eigenvalue weighted by Crippen LogP contribution is 2.34. The molecule has 1 aliphatic rings. The Bertz CT molecular complexity index is 773. The van der Waals surface area contributed by atoms with E-state index >= 15 is 0 Å². The third kappa shape index (κ3) is 2.74. The Kier molecular flexibility index (Phi) is 4.26. The first-order valence-electron chi connectivity index (χ1n) is 7.76. The maximum absolute atomic E-state index is 13.0. The molecular formula is C17H19F2N3O2. The number of carbonyl (C=O) groups excluding carboxylic acids is 1. The van der Waals surface area contributed by atoms with E-state index in [0.29, 0.717) is 39.7 Å². The van der Waals surface area contributed by atoms with E-state index in [2.05, 4.69) is 5.10 Å². The normalized spacial score (nSPS) is 16.9. The minimum Gasteiger partial charge on any atom is -0.489 e. The molecule has 1 amide bonds. The lowest BCUT2D eigenvalue weighted by molar-refractivity contribution is -0.118. The van der Waals surface area contributed by atoms with Crippen LogP contribution in [0.1, 0.15) is 30.4 Å². The van der Waals surface area contributed by atoms with Crippen LogP contribution in [0.4, 0.5) is 14.5 Å². The van der Waals surface area contributed by atoms with Gasteiger partial charge in [0.15, 0.2) is 0 Å². The van der Waals surface area contributed by atoms with Gasteiger partial charge in [-0.3, -0.25) is 4.79 Å². The van der Waals surface area contributed by atoms with Gasteiger partial charge in [-0.15, -0.1) is 0 Å². The van der Waals surface area contributed by atoms with Gasteiger partial charge in [0.25, 0.3) is 0 Å². The zero-order chi connectivity index (χ0) is 17.4. The molecule has 24 heavy (non-hydrogen) atoms. The molecule has 1 aliphatic heterocycles. The third-order valence-electron chi connectivity index (χ3n) is 4.30. The topological polar surface area (TPSA) is 47.4 Å². The monoisotopic (exact) mass is 335 g/mol. The first-order chi connectivity index (χ1) is 11.4. The Morgan fingerprint density at radius 1 is 1.38 bits per heavy atom. The number of aryl methyl sites for hydroxylation is 1. The summed E-state index contributed by atoms with van der Waals surface area (Å²) in [6.45, 7) is 2.79. The van der Waals surface area contributed by atoms with Crippen molar-refractivity contribution >= 4 is 11.6 Å². The number of nitrogens with zero attached hydrogens (tertiary/aromatic N) is 3. The number of rotatable bonds is 3.